The molecule has 0 saturated carbocycles. The highest BCUT2D eigenvalue weighted by Crippen LogP contribution is 2.36. The Morgan fingerprint density at radius 3 is 2.29 bits per heavy atom. The number of nitrogens with zero attached hydrogens (tertiary/aromatic N) is 1. The number of rotatable bonds is 11. The lowest BCUT2D eigenvalue weighted by Gasteiger charge is -2.15. The molecule has 1 aliphatic carbocycles. The number of aryl methyl sites for hydroxylation is 1. The van der Waals surface area contributed by atoms with Crippen molar-refractivity contribution in [3.63, 3.8) is 0 Å². The van der Waals surface area contributed by atoms with Crippen LogP contribution in [0.5, 0.6) is 17.2 Å². The number of nitrogens with one attached hydrogen (secondary N) is 2. The van der Waals surface area contributed by atoms with Crippen molar-refractivity contribution in [3.8, 4) is 17.2 Å². The molecule has 9 nitrogen and oxygen atoms in total. The molecule has 49 heavy (non-hydrogen) atoms. The zero-order valence-electron chi connectivity index (χ0n) is 27.6. The summed E-state index contributed by atoms with van der Waals surface area (Å²) in [5.74, 6) is 0.548. The van der Waals surface area contributed by atoms with Crippen LogP contribution >= 0.6 is 11.8 Å². The van der Waals surface area contributed by atoms with Gasteiger partial charge in [-0.25, -0.2) is 0 Å². The number of anilines is 1. The molecular formula is C39H37N3O6S. The predicted octanol–water partition coefficient (Wildman–Crippen LogP) is 7.39. The molecule has 4 aromatic carbocycles. The van der Waals surface area contributed by atoms with Gasteiger partial charge in [-0.3, -0.25) is 19.0 Å². The number of methoxy groups -OCH3 is 3. The van der Waals surface area contributed by atoms with E-state index < -0.39 is 11.8 Å². The summed E-state index contributed by atoms with van der Waals surface area (Å²) in [5.41, 5.74) is 4.74. The Hall–Kier alpha value is -5.48. The van der Waals surface area contributed by atoms with Gasteiger partial charge in [-0.05, 0) is 79.8 Å². The molecular weight excluding hydrogens is 639 g/mol. The van der Waals surface area contributed by atoms with Crippen molar-refractivity contribution < 1.29 is 28.6 Å². The molecule has 0 spiro atoms. The molecule has 1 aromatic heterocycles. The molecule has 2 N–H and O–H groups in total. The number of para-hydroxylation sites is 1. The number of aromatic nitrogens is 1. The molecule has 6 rings (SSSR count). The number of hydrogen-bond acceptors (Lipinski definition) is 7. The molecule has 1 heterocycles. The van der Waals surface area contributed by atoms with Crippen LogP contribution in [0.2, 0.25) is 0 Å². The maximum Gasteiger partial charge on any atom is 0.272 e. The number of fused-ring (bicyclic) bond motifs is 3. The lowest BCUT2D eigenvalue weighted by Crippen LogP contribution is -2.30. The van der Waals surface area contributed by atoms with Crippen molar-refractivity contribution in [1.82, 2.24) is 9.88 Å². The SMILES string of the molecule is COc1cc(OC)c(OC)cc1/C=C(\NC(=O)c1ccccc1)C(=O)Nc1cccc(SCC(=O)n2c3c(c4ccccc42)CCCC3)c1. The van der Waals surface area contributed by atoms with E-state index in [-0.39, 0.29) is 17.4 Å². The number of thioether (sulfide) groups is 1. The van der Waals surface area contributed by atoms with Crippen molar-refractivity contribution in [1.29, 1.82) is 0 Å². The van der Waals surface area contributed by atoms with Crippen LogP contribution in [0.4, 0.5) is 5.69 Å². The van der Waals surface area contributed by atoms with E-state index in [4.69, 9.17) is 14.2 Å². The molecule has 0 unspecified atom stereocenters. The van der Waals surface area contributed by atoms with Crippen LogP contribution in [-0.2, 0) is 17.6 Å². The monoisotopic (exact) mass is 675 g/mol. The molecule has 5 aromatic rings. The number of carbonyl (C=O) groups excluding carboxylic acids is 3. The summed E-state index contributed by atoms with van der Waals surface area (Å²) in [6.07, 6.45) is 5.62. The van der Waals surface area contributed by atoms with E-state index in [1.807, 2.05) is 47.0 Å². The second kappa shape index (κ2) is 15.2. The summed E-state index contributed by atoms with van der Waals surface area (Å²) in [7, 11) is 4.53. The molecule has 0 aliphatic heterocycles. The highest BCUT2D eigenvalue weighted by molar-refractivity contribution is 8.00. The highest BCUT2D eigenvalue weighted by Gasteiger charge is 2.23. The summed E-state index contributed by atoms with van der Waals surface area (Å²) in [6.45, 7) is 0. The topological polar surface area (TPSA) is 108 Å². The minimum atomic E-state index is -0.551. The summed E-state index contributed by atoms with van der Waals surface area (Å²) < 4.78 is 18.3. The third-order valence-electron chi connectivity index (χ3n) is 8.45. The third kappa shape index (κ3) is 7.34. The van der Waals surface area contributed by atoms with E-state index in [9.17, 15) is 14.4 Å². The first-order valence-electron chi connectivity index (χ1n) is 16.0. The zero-order chi connectivity index (χ0) is 34.3. The van der Waals surface area contributed by atoms with Gasteiger partial charge in [-0.15, -0.1) is 11.8 Å². The normalized spacial score (nSPS) is 12.6. The van der Waals surface area contributed by atoms with E-state index in [0.29, 0.717) is 34.1 Å². The Bertz CT molecular complexity index is 2050. The van der Waals surface area contributed by atoms with Crippen molar-refractivity contribution in [2.75, 3.05) is 32.4 Å². The van der Waals surface area contributed by atoms with Crippen molar-refractivity contribution >= 4 is 52.1 Å². The molecule has 2 amide bonds. The van der Waals surface area contributed by atoms with Crippen LogP contribution < -0.4 is 24.8 Å². The first-order valence-corrected chi connectivity index (χ1v) is 17.0. The van der Waals surface area contributed by atoms with Gasteiger partial charge in [0.1, 0.15) is 11.4 Å². The van der Waals surface area contributed by atoms with E-state index in [1.165, 1.54) is 44.7 Å². The summed E-state index contributed by atoms with van der Waals surface area (Å²) in [6, 6.07) is 27.4. The van der Waals surface area contributed by atoms with Gasteiger partial charge in [0.25, 0.3) is 11.8 Å². The Balaban J connectivity index is 1.24. The summed E-state index contributed by atoms with van der Waals surface area (Å²) in [4.78, 5) is 41.5. The second-order valence-corrected chi connectivity index (χ2v) is 12.5. The molecule has 0 bridgehead atoms. The Morgan fingerprint density at radius 2 is 1.51 bits per heavy atom. The van der Waals surface area contributed by atoms with Gasteiger partial charge in [-0.1, -0.05) is 42.5 Å². The van der Waals surface area contributed by atoms with Gasteiger partial charge >= 0.3 is 0 Å². The Kier molecular flexibility index (Phi) is 10.3. The third-order valence-corrected chi connectivity index (χ3v) is 9.43. The van der Waals surface area contributed by atoms with Crippen molar-refractivity contribution in [2.24, 2.45) is 0 Å². The number of benzene rings is 4. The van der Waals surface area contributed by atoms with Gasteiger partial charge in [0.15, 0.2) is 11.5 Å². The average Bonchev–Trinajstić information content (AvgIpc) is 3.48. The lowest BCUT2D eigenvalue weighted by atomic mass is 9.96. The van der Waals surface area contributed by atoms with Gasteiger partial charge in [0.2, 0.25) is 5.91 Å². The maximum atomic E-state index is 13.8. The largest absolute Gasteiger partial charge is 0.496 e. The van der Waals surface area contributed by atoms with Crippen LogP contribution in [0.1, 0.15) is 44.8 Å². The Morgan fingerprint density at radius 1 is 0.796 bits per heavy atom. The quantitative estimate of drug-likeness (QED) is 0.111. The first-order chi connectivity index (χ1) is 23.9. The fourth-order valence-corrected chi connectivity index (χ4v) is 6.92. The van der Waals surface area contributed by atoms with E-state index in [0.717, 1.165) is 47.2 Å². The van der Waals surface area contributed by atoms with Crippen molar-refractivity contribution in [3.05, 3.63) is 119 Å². The predicted molar refractivity (Wildman–Crippen MR) is 193 cm³/mol. The molecule has 0 atom stereocenters. The highest BCUT2D eigenvalue weighted by atomic mass is 32.2. The van der Waals surface area contributed by atoms with Gasteiger partial charge in [-0.2, -0.15) is 0 Å². The molecule has 0 fully saturated rings. The van der Waals surface area contributed by atoms with Gasteiger partial charge in [0, 0.05) is 38.9 Å². The average molecular weight is 676 g/mol. The molecule has 250 valence electrons. The van der Waals surface area contributed by atoms with E-state index in [1.54, 1.807) is 42.5 Å². The van der Waals surface area contributed by atoms with Crippen LogP contribution in [-0.4, -0.2) is 49.4 Å². The standard InChI is InChI=1S/C39H37N3O6S/c1-46-34-23-36(48-3)35(47-2)21-26(34)20-31(41-38(44)25-12-5-4-6-13-25)39(45)40-27-14-11-15-28(22-27)49-24-37(43)42-32-18-9-7-16-29(32)30-17-8-10-19-33(30)42/h4-7,9,11-16,18,20-23H,8,10,17,19,24H2,1-3H3,(H,40,45)(H,41,44)/b31-20-. The minimum Gasteiger partial charge on any atom is -0.496 e. The first kappa shape index (κ1) is 33.4. The summed E-state index contributed by atoms with van der Waals surface area (Å²) in [5, 5.41) is 6.83. The minimum absolute atomic E-state index is 0.0168. The number of amides is 2. The molecule has 0 saturated heterocycles. The van der Waals surface area contributed by atoms with Gasteiger partial charge in [0.05, 0.1) is 32.6 Å². The van der Waals surface area contributed by atoms with E-state index >= 15 is 0 Å². The Labute approximate surface area is 289 Å². The smallest absolute Gasteiger partial charge is 0.272 e. The maximum absolute atomic E-state index is 13.8. The zero-order valence-corrected chi connectivity index (χ0v) is 28.4. The molecule has 0 radical (unpaired) electrons. The van der Waals surface area contributed by atoms with Crippen molar-refractivity contribution in [2.45, 2.75) is 30.6 Å². The fraction of sp³-hybridized carbons (Fsp3) is 0.205. The van der Waals surface area contributed by atoms with Gasteiger partial charge < -0.3 is 24.8 Å². The second-order valence-electron chi connectivity index (χ2n) is 11.5. The number of ether oxygens (including phenoxy) is 3. The number of carbonyl (C=O) groups is 3. The lowest BCUT2D eigenvalue weighted by molar-refractivity contribution is -0.113. The van der Waals surface area contributed by atoms with Crippen LogP contribution in [0.3, 0.4) is 0 Å². The molecule has 10 heteroatoms. The van der Waals surface area contributed by atoms with Crippen LogP contribution in [0.25, 0.3) is 17.0 Å². The van der Waals surface area contributed by atoms with Crippen LogP contribution in [0.15, 0.2) is 102 Å². The fourth-order valence-electron chi connectivity index (χ4n) is 6.12. The van der Waals surface area contributed by atoms with Crippen LogP contribution in [0, 0.1) is 0 Å². The van der Waals surface area contributed by atoms with E-state index in [2.05, 4.69) is 16.7 Å². The number of hydrogen-bond donors (Lipinski definition) is 2. The molecule has 1 aliphatic rings. The summed E-state index contributed by atoms with van der Waals surface area (Å²) >= 11 is 1.41.